The number of aliphatic hydroxyl groups excluding tert-OH is 7. The molecule has 5 saturated heterocycles. The Labute approximate surface area is 365 Å². The maximum atomic E-state index is 11.0. The Balaban J connectivity index is 0.928. The van der Waals surface area contributed by atoms with Gasteiger partial charge in [0, 0.05) is 19.4 Å². The number of ether oxygens (including phenoxy) is 9. The molecule has 0 radical (unpaired) electrons. The number of methoxy groups -OCH3 is 1. The molecule has 5 aliphatic heterocycles. The second kappa shape index (κ2) is 17.3. The maximum absolute atomic E-state index is 11.0. The summed E-state index contributed by atoms with van der Waals surface area (Å²) in [6.07, 6.45) is -8.29. The molecule has 3 saturated carbocycles. The molecule has 1 spiro atoms. The summed E-state index contributed by atoms with van der Waals surface area (Å²) in [5, 5.41) is 74.6. The van der Waals surface area contributed by atoms with E-state index in [0.29, 0.717) is 41.9 Å². The largest absolute Gasteiger partial charge is 0.394 e. The first-order valence-corrected chi connectivity index (χ1v) is 23.6. The number of fused-ring (bicyclic) bond motifs is 7. The van der Waals surface area contributed by atoms with Crippen LogP contribution in [0.1, 0.15) is 99.3 Å². The third-order valence-electron chi connectivity index (χ3n) is 17.9. The summed E-state index contributed by atoms with van der Waals surface area (Å²) in [6.45, 7) is 13.0. The fraction of sp³-hybridized carbons (Fsp3) is 0.957. The van der Waals surface area contributed by atoms with Gasteiger partial charge in [-0.25, -0.2) is 0 Å². The van der Waals surface area contributed by atoms with Gasteiger partial charge in [-0.1, -0.05) is 39.3 Å². The molecule has 5 heterocycles. The van der Waals surface area contributed by atoms with Crippen molar-refractivity contribution in [1.29, 1.82) is 0 Å². The van der Waals surface area contributed by atoms with E-state index >= 15 is 0 Å². The van der Waals surface area contributed by atoms with Gasteiger partial charge in [-0.2, -0.15) is 0 Å². The van der Waals surface area contributed by atoms with Gasteiger partial charge >= 0.3 is 0 Å². The van der Waals surface area contributed by atoms with E-state index in [0.717, 1.165) is 45.1 Å². The zero-order valence-electron chi connectivity index (χ0n) is 37.4. The summed E-state index contributed by atoms with van der Waals surface area (Å²) in [5.74, 6) is 2.72. The number of hydrogen-bond donors (Lipinski definition) is 7. The first-order valence-electron chi connectivity index (χ1n) is 23.6. The van der Waals surface area contributed by atoms with E-state index in [2.05, 4.69) is 33.8 Å². The van der Waals surface area contributed by atoms with Gasteiger partial charge < -0.3 is 78.4 Å². The Bertz CT molecular complexity index is 1610. The topological polar surface area (TPSA) is 225 Å². The molecule has 7 N–H and O–H groups in total. The lowest BCUT2D eigenvalue weighted by atomic mass is 9.47. The van der Waals surface area contributed by atoms with E-state index in [-0.39, 0.29) is 23.0 Å². The predicted octanol–water partition coefficient (Wildman–Crippen LogP) is 1.90. The summed E-state index contributed by atoms with van der Waals surface area (Å²) in [7, 11) is 1.41. The van der Waals surface area contributed by atoms with Crippen LogP contribution in [0.15, 0.2) is 11.6 Å². The monoisotopic (exact) mass is 882 g/mol. The zero-order valence-corrected chi connectivity index (χ0v) is 37.4. The lowest BCUT2D eigenvalue weighted by Gasteiger charge is -2.59. The highest BCUT2D eigenvalue weighted by Gasteiger charge is 2.69. The zero-order chi connectivity index (χ0) is 44.2. The van der Waals surface area contributed by atoms with Gasteiger partial charge in [0.25, 0.3) is 0 Å². The molecule has 0 aromatic heterocycles. The number of rotatable bonds is 8. The van der Waals surface area contributed by atoms with Crippen LogP contribution in [0.25, 0.3) is 0 Å². The predicted molar refractivity (Wildman–Crippen MR) is 218 cm³/mol. The molecule has 0 aromatic rings. The summed E-state index contributed by atoms with van der Waals surface area (Å²) >= 11 is 0. The minimum absolute atomic E-state index is 0.00630. The van der Waals surface area contributed by atoms with Crippen LogP contribution in [0.3, 0.4) is 0 Å². The van der Waals surface area contributed by atoms with Crippen LogP contribution in [0.2, 0.25) is 0 Å². The van der Waals surface area contributed by atoms with Crippen molar-refractivity contribution in [1.82, 2.24) is 0 Å². The van der Waals surface area contributed by atoms with Crippen LogP contribution in [0.4, 0.5) is 0 Å². The molecule has 0 amide bonds. The number of hydrogen-bond acceptors (Lipinski definition) is 16. The van der Waals surface area contributed by atoms with Gasteiger partial charge in [-0.15, -0.1) is 0 Å². The fourth-order valence-electron chi connectivity index (χ4n) is 14.2. The Morgan fingerprint density at radius 3 is 1.98 bits per heavy atom. The SMILES string of the molecule is CO[C@@H]1[C@@H](O[C@@H]2O[C@@H](C)[C@H](O)[C@@H](O)[C@H]2O)[C@H](O[C@H]2CC[C@@]3(C)C(=CC[C@H]4[C@@H]5C[C@@H]6O[C@]7(CC[C@@H](C)CO7)[C@@H](C)[C@@H]6[C@@]5(C)CC[C@@H]43)C2)O[C@H](CO)[C@H]1O[C@@H]1O[C@@H](C)[C@H](O)[C@@H](O)[C@H]1O. The number of aliphatic hydroxyl groups is 7. The Kier molecular flexibility index (Phi) is 12.9. The molecule has 354 valence electrons. The standard InChI is InChI=1S/C46H74O16/c1-20-10-15-46(55-19-20)21(2)31-29(62-46)17-28-26-9-8-24-16-25(11-13-44(24,5)27(26)12-14-45(28,31)6)58-43-40(61-42-37(53)35(51)33(49)23(4)57-42)39(54-7)38(30(18-47)59-43)60-41-36(52)34(50)32(48)22(3)56-41/h8,20-23,25-43,47-53H,9-19H2,1-7H3/t20-,21+,22+,23+,25+,26-,27+,28+,29+,30-,31+,32+,33+,34-,35-,36-,37-,38-,39+,40-,41+,42+,43-,44+,45+,46-/m1/s1. The minimum atomic E-state index is -1.65. The summed E-state index contributed by atoms with van der Waals surface area (Å²) in [4.78, 5) is 0. The van der Waals surface area contributed by atoms with Gasteiger partial charge in [0.15, 0.2) is 24.7 Å². The first kappa shape index (κ1) is 46.2. The van der Waals surface area contributed by atoms with Crippen molar-refractivity contribution >= 4 is 0 Å². The molecule has 8 fully saturated rings. The molecule has 26 atom stereocenters. The van der Waals surface area contributed by atoms with Crippen LogP contribution >= 0.6 is 0 Å². The van der Waals surface area contributed by atoms with Crippen LogP contribution in [-0.2, 0) is 42.6 Å². The van der Waals surface area contributed by atoms with Gasteiger partial charge in [0.1, 0.15) is 61.0 Å². The second-order valence-corrected chi connectivity index (χ2v) is 21.3. The van der Waals surface area contributed by atoms with Gasteiger partial charge in [-0.05, 0) is 106 Å². The fourth-order valence-corrected chi connectivity index (χ4v) is 14.2. The smallest absolute Gasteiger partial charge is 0.187 e. The molecule has 0 aromatic carbocycles. The Hall–Kier alpha value is -0.900. The van der Waals surface area contributed by atoms with Gasteiger partial charge in [0.2, 0.25) is 0 Å². The number of allylic oxidation sites excluding steroid dienone is 1. The van der Waals surface area contributed by atoms with E-state index in [4.69, 9.17) is 42.6 Å². The third kappa shape index (κ3) is 7.50. The highest BCUT2D eigenvalue weighted by molar-refractivity contribution is 5.26. The van der Waals surface area contributed by atoms with E-state index < -0.39 is 105 Å². The lowest BCUT2D eigenvalue weighted by molar-refractivity contribution is -0.390. The van der Waals surface area contributed by atoms with Crippen molar-refractivity contribution in [3.05, 3.63) is 11.6 Å². The van der Waals surface area contributed by atoms with Crippen molar-refractivity contribution < 1.29 is 78.4 Å². The van der Waals surface area contributed by atoms with Crippen molar-refractivity contribution in [3.8, 4) is 0 Å². The van der Waals surface area contributed by atoms with Crippen LogP contribution < -0.4 is 0 Å². The lowest BCUT2D eigenvalue weighted by Crippen LogP contribution is -2.67. The average molecular weight is 883 g/mol. The van der Waals surface area contributed by atoms with Crippen LogP contribution in [0.5, 0.6) is 0 Å². The van der Waals surface area contributed by atoms with Crippen LogP contribution in [0, 0.1) is 46.3 Å². The van der Waals surface area contributed by atoms with Crippen molar-refractivity contribution in [2.45, 2.75) is 209 Å². The summed E-state index contributed by atoms with van der Waals surface area (Å²) < 4.78 is 57.1. The van der Waals surface area contributed by atoms with Gasteiger partial charge in [-0.3, -0.25) is 0 Å². The quantitative estimate of drug-likeness (QED) is 0.173. The van der Waals surface area contributed by atoms with E-state index in [9.17, 15) is 35.7 Å². The highest BCUT2D eigenvalue weighted by Crippen LogP contribution is 2.70. The van der Waals surface area contributed by atoms with Crippen molar-refractivity contribution in [2.24, 2.45) is 46.3 Å². The van der Waals surface area contributed by atoms with Gasteiger partial charge in [0.05, 0.1) is 37.6 Å². The molecule has 0 bridgehead atoms. The molecular weight excluding hydrogens is 808 g/mol. The molecule has 4 aliphatic carbocycles. The first-order chi connectivity index (χ1) is 29.4. The van der Waals surface area contributed by atoms with Crippen molar-refractivity contribution in [3.63, 3.8) is 0 Å². The Morgan fingerprint density at radius 1 is 0.710 bits per heavy atom. The Morgan fingerprint density at radius 2 is 1.37 bits per heavy atom. The minimum Gasteiger partial charge on any atom is -0.394 e. The van der Waals surface area contributed by atoms with E-state index in [1.807, 2.05) is 0 Å². The molecule has 62 heavy (non-hydrogen) atoms. The normalized spacial score (nSPS) is 57.6. The van der Waals surface area contributed by atoms with E-state index in [1.165, 1.54) is 32.4 Å². The summed E-state index contributed by atoms with van der Waals surface area (Å²) in [5.41, 5.74) is 1.60. The molecule has 0 unspecified atom stereocenters. The van der Waals surface area contributed by atoms with Crippen LogP contribution in [-0.4, -0.2) is 166 Å². The molecular formula is C46H74O16. The molecule has 9 aliphatic rings. The maximum Gasteiger partial charge on any atom is 0.187 e. The third-order valence-corrected chi connectivity index (χ3v) is 17.9. The highest BCUT2D eigenvalue weighted by atomic mass is 16.8. The average Bonchev–Trinajstić information content (AvgIpc) is 3.70. The van der Waals surface area contributed by atoms with E-state index in [1.54, 1.807) is 6.92 Å². The molecule has 9 rings (SSSR count). The molecule has 16 heteroatoms. The summed E-state index contributed by atoms with van der Waals surface area (Å²) in [6, 6.07) is 0. The molecule has 16 nitrogen and oxygen atoms in total. The van der Waals surface area contributed by atoms with Crippen molar-refractivity contribution in [2.75, 3.05) is 20.3 Å². The second-order valence-electron chi connectivity index (χ2n) is 21.3.